The van der Waals surface area contributed by atoms with Crippen molar-refractivity contribution in [1.29, 1.82) is 5.26 Å². The van der Waals surface area contributed by atoms with Crippen LogP contribution in [0.3, 0.4) is 0 Å². The van der Waals surface area contributed by atoms with E-state index in [1.54, 1.807) is 36.1 Å². The Kier molecular flexibility index (Phi) is 12.0. The van der Waals surface area contributed by atoms with E-state index in [4.69, 9.17) is 14.2 Å². The van der Waals surface area contributed by atoms with Crippen LogP contribution in [-0.2, 0) is 25.2 Å². The molecule has 3 heterocycles. The number of anilines is 1. The molecule has 12 nitrogen and oxygen atoms in total. The molecule has 1 atom stereocenters. The quantitative estimate of drug-likeness (QED) is 0.339. The summed E-state index contributed by atoms with van der Waals surface area (Å²) in [5.74, 6) is -0.681. The Morgan fingerprint density at radius 1 is 0.900 bits per heavy atom. The van der Waals surface area contributed by atoms with E-state index in [1.807, 2.05) is 0 Å². The first-order valence-corrected chi connectivity index (χ1v) is 17.3. The molecule has 0 aromatic heterocycles. The summed E-state index contributed by atoms with van der Waals surface area (Å²) in [6.07, 6.45) is 1.38. The Hall–Kier alpha value is -4.06. The number of methoxy groups -OCH3 is 2. The number of sulfonamides is 1. The molecule has 6 rings (SSSR count). The number of piperazine rings is 1. The van der Waals surface area contributed by atoms with Gasteiger partial charge >= 0.3 is 6.09 Å². The summed E-state index contributed by atoms with van der Waals surface area (Å²) in [5.41, 5.74) is -1.09. The largest absolute Gasteiger partial charge is 0.497 e. The van der Waals surface area contributed by atoms with E-state index in [2.05, 4.69) is 22.9 Å². The second-order valence-corrected chi connectivity index (χ2v) is 14.1. The van der Waals surface area contributed by atoms with Gasteiger partial charge in [-0.05, 0) is 75.8 Å². The average Bonchev–Trinajstić information content (AvgIpc) is 3.35. The molecule has 0 spiro atoms. The molecule has 0 radical (unpaired) electrons. The predicted molar refractivity (Wildman–Crippen MR) is 192 cm³/mol. The molecule has 3 aromatic carbocycles. The summed E-state index contributed by atoms with van der Waals surface area (Å²) < 4.78 is 46.7. The van der Waals surface area contributed by atoms with Crippen LogP contribution in [0.4, 0.5) is 10.5 Å². The standard InChI is InChI=1S/C35H39N5O7S.2ClH/c1-24-7-5-6-8-28(24)35(47-34(42)39-19-17-38(18-20-39)26-13-15-37(2)16-14-26)29-21-25(23-36)9-11-30(29)40(33(35)41)48(43,44)32-12-10-27(45-3)22-31(32)46-4;;/h5-12,21-22,26H,13-20H2,1-4H3;2*1H. The number of fused-ring (bicyclic) bond motifs is 1. The maximum absolute atomic E-state index is 15.0. The van der Waals surface area contributed by atoms with Gasteiger partial charge in [-0.2, -0.15) is 9.57 Å². The van der Waals surface area contributed by atoms with Crippen molar-refractivity contribution in [2.45, 2.75) is 36.3 Å². The Labute approximate surface area is 305 Å². The topological polar surface area (TPSA) is 133 Å². The molecule has 3 aromatic rings. The number of benzene rings is 3. The van der Waals surface area contributed by atoms with Crippen molar-refractivity contribution in [2.24, 2.45) is 0 Å². The minimum atomic E-state index is -4.66. The lowest BCUT2D eigenvalue weighted by molar-refractivity contribution is -0.132. The molecule has 0 saturated carbocycles. The SMILES string of the molecule is COc1ccc(S(=O)(=O)N2C(=O)C(OC(=O)N3CCN(C4CCN(C)CC4)CC3)(c3ccccc3C)c3cc(C#N)ccc32)c(OC)c1.Cl.Cl. The van der Waals surface area contributed by atoms with Gasteiger partial charge < -0.3 is 24.0 Å². The number of hydrogen-bond donors (Lipinski definition) is 0. The zero-order valence-electron chi connectivity index (χ0n) is 28.3. The fourth-order valence-corrected chi connectivity index (χ4v) is 8.56. The Morgan fingerprint density at radius 3 is 2.20 bits per heavy atom. The van der Waals surface area contributed by atoms with E-state index in [1.165, 1.54) is 50.6 Å². The van der Waals surface area contributed by atoms with Gasteiger partial charge in [0.1, 0.15) is 16.4 Å². The third-order valence-corrected chi connectivity index (χ3v) is 11.4. The number of nitrogens with zero attached hydrogens (tertiary/aromatic N) is 5. The number of amides is 2. The number of carbonyl (C=O) groups is 2. The molecular formula is C35H41Cl2N5O7S. The van der Waals surface area contributed by atoms with Crippen molar-refractivity contribution >= 4 is 52.5 Å². The van der Waals surface area contributed by atoms with Gasteiger partial charge in [0, 0.05) is 49.4 Å². The molecule has 0 N–H and O–H groups in total. The Bertz CT molecular complexity index is 1890. The van der Waals surface area contributed by atoms with Gasteiger partial charge in [0.2, 0.25) is 5.60 Å². The number of carbonyl (C=O) groups excluding carboxylic acids is 2. The second-order valence-electron chi connectivity index (χ2n) is 12.4. The minimum absolute atomic E-state index is 0. The first-order valence-electron chi connectivity index (χ1n) is 15.9. The molecule has 3 aliphatic heterocycles. The van der Waals surface area contributed by atoms with Gasteiger partial charge in [0.25, 0.3) is 15.9 Å². The van der Waals surface area contributed by atoms with Gasteiger partial charge in [0.15, 0.2) is 0 Å². The van der Waals surface area contributed by atoms with Crippen molar-refractivity contribution in [1.82, 2.24) is 14.7 Å². The predicted octanol–water partition coefficient (Wildman–Crippen LogP) is 4.56. The fourth-order valence-electron chi connectivity index (χ4n) is 6.96. The van der Waals surface area contributed by atoms with Crippen LogP contribution in [0.15, 0.2) is 65.6 Å². The summed E-state index contributed by atoms with van der Waals surface area (Å²) in [4.78, 5) is 35.1. The zero-order chi connectivity index (χ0) is 34.2. The van der Waals surface area contributed by atoms with Crippen molar-refractivity contribution in [2.75, 3.05) is 64.8 Å². The van der Waals surface area contributed by atoms with E-state index >= 15 is 0 Å². The lowest BCUT2D eigenvalue weighted by Crippen LogP contribution is -2.55. The monoisotopic (exact) mass is 745 g/mol. The second kappa shape index (κ2) is 15.4. The molecule has 15 heteroatoms. The van der Waals surface area contributed by atoms with E-state index in [0.29, 0.717) is 53.4 Å². The summed E-state index contributed by atoms with van der Waals surface area (Å²) in [5, 5.41) is 9.87. The molecule has 3 aliphatic rings. The summed E-state index contributed by atoms with van der Waals surface area (Å²) in [7, 11) is 0.220. The lowest BCUT2D eigenvalue weighted by Gasteiger charge is -2.42. The summed E-state index contributed by atoms with van der Waals surface area (Å²) >= 11 is 0. The molecule has 268 valence electrons. The van der Waals surface area contributed by atoms with Crippen LogP contribution in [0.25, 0.3) is 0 Å². The van der Waals surface area contributed by atoms with Gasteiger partial charge in [-0.15, -0.1) is 24.8 Å². The number of hydrogen-bond acceptors (Lipinski definition) is 10. The van der Waals surface area contributed by atoms with Crippen LogP contribution in [0.2, 0.25) is 0 Å². The van der Waals surface area contributed by atoms with Crippen LogP contribution in [0, 0.1) is 18.3 Å². The third kappa shape index (κ3) is 6.70. The number of nitriles is 1. The van der Waals surface area contributed by atoms with E-state index in [-0.39, 0.29) is 52.3 Å². The molecule has 0 aliphatic carbocycles. The maximum Gasteiger partial charge on any atom is 0.411 e. The molecule has 2 amide bonds. The highest BCUT2D eigenvalue weighted by molar-refractivity contribution is 7.93. The Balaban J connectivity index is 0.00000281. The summed E-state index contributed by atoms with van der Waals surface area (Å²) in [6.45, 7) is 5.90. The fraction of sp³-hybridized carbons (Fsp3) is 0.400. The number of halogens is 2. The van der Waals surface area contributed by atoms with Gasteiger partial charge in [-0.1, -0.05) is 24.3 Å². The number of ether oxygens (including phenoxy) is 3. The number of aryl methyl sites for hydroxylation is 1. The van der Waals surface area contributed by atoms with Crippen molar-refractivity contribution in [3.63, 3.8) is 0 Å². The van der Waals surface area contributed by atoms with Crippen LogP contribution in [0.5, 0.6) is 11.5 Å². The third-order valence-electron chi connectivity index (χ3n) is 9.64. The van der Waals surface area contributed by atoms with E-state index in [0.717, 1.165) is 25.9 Å². The first-order chi connectivity index (χ1) is 23.0. The average molecular weight is 747 g/mol. The Morgan fingerprint density at radius 2 is 1.58 bits per heavy atom. The minimum Gasteiger partial charge on any atom is -0.497 e. The van der Waals surface area contributed by atoms with Gasteiger partial charge in [-0.25, -0.2) is 13.2 Å². The van der Waals surface area contributed by atoms with E-state index < -0.39 is 27.6 Å². The van der Waals surface area contributed by atoms with Crippen molar-refractivity contribution in [3.05, 3.63) is 82.9 Å². The molecule has 2 saturated heterocycles. The normalized spacial score (nSPS) is 19.9. The highest BCUT2D eigenvalue weighted by Gasteiger charge is 2.60. The number of piperidine rings is 1. The van der Waals surface area contributed by atoms with Crippen LogP contribution in [0.1, 0.15) is 35.1 Å². The highest BCUT2D eigenvalue weighted by Crippen LogP contribution is 2.51. The van der Waals surface area contributed by atoms with Gasteiger partial charge in [-0.3, -0.25) is 9.69 Å². The zero-order valence-corrected chi connectivity index (χ0v) is 30.8. The van der Waals surface area contributed by atoms with Crippen molar-refractivity contribution in [3.8, 4) is 17.6 Å². The first kappa shape index (κ1) is 38.7. The molecule has 50 heavy (non-hydrogen) atoms. The molecular weight excluding hydrogens is 705 g/mol. The van der Waals surface area contributed by atoms with Crippen LogP contribution in [-0.4, -0.2) is 102 Å². The highest BCUT2D eigenvalue weighted by atomic mass is 35.5. The molecule has 1 unspecified atom stereocenters. The van der Waals surface area contributed by atoms with E-state index in [9.17, 15) is 23.3 Å². The summed E-state index contributed by atoms with van der Waals surface area (Å²) in [6, 6.07) is 17.8. The number of likely N-dealkylation sites (tertiary alicyclic amines) is 1. The van der Waals surface area contributed by atoms with Crippen LogP contribution < -0.4 is 13.8 Å². The molecule has 0 bridgehead atoms. The maximum atomic E-state index is 15.0. The smallest absolute Gasteiger partial charge is 0.411 e. The molecule has 2 fully saturated rings. The number of rotatable bonds is 7. The van der Waals surface area contributed by atoms with Crippen LogP contribution >= 0.6 is 24.8 Å². The lowest BCUT2D eigenvalue weighted by atomic mass is 9.84. The van der Waals surface area contributed by atoms with Crippen molar-refractivity contribution < 1.29 is 32.2 Å². The van der Waals surface area contributed by atoms with Gasteiger partial charge in [0.05, 0.1) is 31.5 Å².